The molecule has 0 spiro atoms. The van der Waals surface area contributed by atoms with E-state index in [9.17, 15) is 4.80 Å². The molecule has 0 atom stereocenters. The number of nitrogens with two attached hydrogens (primary N) is 1. The van der Waals surface area contributed by atoms with Crippen molar-refractivity contribution in [1.29, 1.82) is 0 Å². The second kappa shape index (κ2) is 11.8. The summed E-state index contributed by atoms with van der Waals surface area (Å²) < 4.78 is 2.00. The maximum absolute atomic E-state index is 10.9. The van der Waals surface area contributed by atoms with Crippen molar-refractivity contribution in [3.05, 3.63) is 0 Å². The molecule has 0 rings (SSSR count). The Bertz CT molecular complexity index is 158. The fraction of sp³-hybridized carbons (Fsp3) is 1.00. The summed E-state index contributed by atoms with van der Waals surface area (Å²) in [5.41, 5.74) is 5.22. The molecule has 3 N–H and O–H groups in total. The molecule has 5 nitrogen and oxygen atoms in total. The number of hydrogen-bond acceptors (Lipinski definition) is 3. The summed E-state index contributed by atoms with van der Waals surface area (Å²) in [6.07, 6.45) is 0.905. The van der Waals surface area contributed by atoms with E-state index >= 15 is 0 Å². The van der Waals surface area contributed by atoms with Gasteiger partial charge in [-0.2, -0.15) is 0 Å². The SMILES string of the molecule is C[N+](C)(C)C.C[N+](C)(C)C.C[Si](C)([O-])CCCN.[OH-]. The Morgan fingerprint density at radius 3 is 1.11 bits per heavy atom. The van der Waals surface area contributed by atoms with Crippen molar-refractivity contribution in [2.24, 2.45) is 5.73 Å². The first-order valence-corrected chi connectivity index (χ1v) is 9.66. The summed E-state index contributed by atoms with van der Waals surface area (Å²) in [5, 5.41) is 0. The Labute approximate surface area is 122 Å². The Hall–Kier alpha value is 0.0169. The van der Waals surface area contributed by atoms with Crippen LogP contribution in [0.5, 0.6) is 0 Å². The van der Waals surface area contributed by atoms with Gasteiger partial charge in [0.1, 0.15) is 0 Å². The highest BCUT2D eigenvalue weighted by Crippen LogP contribution is 2.01. The number of nitrogens with zero attached hydrogens (tertiary/aromatic N) is 2. The highest BCUT2D eigenvalue weighted by atomic mass is 28.4. The maximum atomic E-state index is 10.9. The van der Waals surface area contributed by atoms with Gasteiger partial charge in [0.25, 0.3) is 0 Å². The highest BCUT2D eigenvalue weighted by molar-refractivity contribution is 6.68. The third-order valence-electron chi connectivity index (χ3n) is 0.983. The first-order chi connectivity index (χ1) is 7.56. The molecule has 0 aliphatic heterocycles. The molecule has 0 saturated heterocycles. The second-order valence-electron chi connectivity index (χ2n) is 8.02. The first kappa shape index (κ1) is 27.4. The molecule has 0 radical (unpaired) electrons. The standard InChI is InChI=1S/C5H14NOSi.2C4H12N.H2O/c1-8(2,7)5-3-4-6;2*1-5(2,3)4;/h3-6H2,1-2H3;2*1-4H3;1H2/q-1;2*+1;/p-1. The van der Waals surface area contributed by atoms with Gasteiger partial charge in [-0.15, -0.1) is 0 Å². The molecule has 0 fully saturated rings. The van der Waals surface area contributed by atoms with Gasteiger partial charge in [0.15, 0.2) is 0 Å². The predicted octanol–water partition coefficient (Wildman–Crippen LogP) is 0.369. The van der Waals surface area contributed by atoms with E-state index in [-0.39, 0.29) is 5.48 Å². The van der Waals surface area contributed by atoms with Crippen LogP contribution < -0.4 is 10.5 Å². The van der Waals surface area contributed by atoms with Gasteiger partial charge < -0.3 is 25.0 Å². The van der Waals surface area contributed by atoms with Crippen LogP contribution >= 0.6 is 0 Å². The Morgan fingerprint density at radius 1 is 0.842 bits per heavy atom. The van der Waals surface area contributed by atoms with Gasteiger partial charge in [-0.05, 0) is 13.0 Å². The van der Waals surface area contributed by atoms with Gasteiger partial charge in [0, 0.05) is 0 Å². The highest BCUT2D eigenvalue weighted by Gasteiger charge is 2.00. The first-order valence-electron chi connectivity index (χ1n) is 6.54. The van der Waals surface area contributed by atoms with Gasteiger partial charge in [-0.25, -0.2) is 0 Å². The van der Waals surface area contributed by atoms with Crippen LogP contribution in [0.1, 0.15) is 6.42 Å². The van der Waals surface area contributed by atoms with E-state index in [1.54, 1.807) is 0 Å². The van der Waals surface area contributed by atoms with Crippen molar-refractivity contribution in [2.45, 2.75) is 25.6 Å². The smallest absolute Gasteiger partial charge is 0.0675 e. The molecule has 0 saturated carbocycles. The molecular formula is C13H39N3O2Si. The zero-order valence-electron chi connectivity index (χ0n) is 14.9. The van der Waals surface area contributed by atoms with Crippen LogP contribution in [-0.4, -0.2) is 85.7 Å². The van der Waals surface area contributed by atoms with Crippen LogP contribution in [-0.2, 0) is 0 Å². The minimum atomic E-state index is -2.01. The van der Waals surface area contributed by atoms with Gasteiger partial charge in [-0.1, -0.05) is 27.5 Å². The molecule has 0 aliphatic rings. The Kier molecular flexibility index (Phi) is 17.0. The average molecular weight is 298 g/mol. The number of rotatable bonds is 3. The fourth-order valence-electron chi connectivity index (χ4n) is 0.528. The molecule has 0 aliphatic carbocycles. The van der Waals surface area contributed by atoms with Gasteiger partial charge in [0.2, 0.25) is 0 Å². The van der Waals surface area contributed by atoms with Crippen LogP contribution in [0.4, 0.5) is 0 Å². The normalized spacial score (nSPS) is 11.4. The van der Waals surface area contributed by atoms with Crippen LogP contribution in [0.3, 0.4) is 0 Å². The lowest BCUT2D eigenvalue weighted by Crippen LogP contribution is -2.42. The lowest BCUT2D eigenvalue weighted by atomic mass is 10.5. The summed E-state index contributed by atoms with van der Waals surface area (Å²) in [4.78, 5) is 10.9. The summed E-state index contributed by atoms with van der Waals surface area (Å²) >= 11 is 0. The van der Waals surface area contributed by atoms with Crippen molar-refractivity contribution < 1.29 is 19.2 Å². The zero-order chi connectivity index (χ0) is 15.6. The average Bonchev–Trinajstić information content (AvgIpc) is 1.92. The van der Waals surface area contributed by atoms with Gasteiger partial charge >= 0.3 is 0 Å². The largest absolute Gasteiger partial charge is 0.870 e. The molecule has 0 aromatic carbocycles. The zero-order valence-corrected chi connectivity index (χ0v) is 15.9. The monoisotopic (exact) mass is 297 g/mol. The van der Waals surface area contributed by atoms with Crippen molar-refractivity contribution in [1.82, 2.24) is 0 Å². The molecule has 0 aromatic rings. The lowest BCUT2D eigenvalue weighted by molar-refractivity contribution is -0.849. The van der Waals surface area contributed by atoms with Crippen LogP contribution in [0.25, 0.3) is 0 Å². The molecule has 0 unspecified atom stereocenters. The summed E-state index contributed by atoms with van der Waals surface area (Å²) in [6.45, 7) is 4.31. The Morgan fingerprint density at radius 2 is 1.05 bits per heavy atom. The minimum absolute atomic E-state index is 0. The van der Waals surface area contributed by atoms with E-state index < -0.39 is 8.32 Å². The lowest BCUT2D eigenvalue weighted by Gasteiger charge is -2.28. The van der Waals surface area contributed by atoms with Gasteiger partial charge in [0.05, 0.1) is 56.4 Å². The maximum Gasteiger partial charge on any atom is 0.0675 e. The van der Waals surface area contributed by atoms with Crippen LogP contribution in [0, 0.1) is 0 Å². The molecule has 122 valence electrons. The van der Waals surface area contributed by atoms with Gasteiger partial charge in [-0.3, -0.25) is 0 Å². The molecule has 0 heterocycles. The van der Waals surface area contributed by atoms with E-state index in [4.69, 9.17) is 5.73 Å². The van der Waals surface area contributed by atoms with E-state index in [2.05, 4.69) is 56.4 Å². The summed E-state index contributed by atoms with van der Waals surface area (Å²) in [7, 11) is 15.0. The number of hydrogen-bond donors (Lipinski definition) is 1. The van der Waals surface area contributed by atoms with Crippen molar-refractivity contribution in [2.75, 3.05) is 62.9 Å². The van der Waals surface area contributed by atoms with Crippen LogP contribution in [0.2, 0.25) is 19.1 Å². The second-order valence-corrected chi connectivity index (χ2v) is 12.0. The Balaban J connectivity index is -0.0000000906. The minimum Gasteiger partial charge on any atom is -0.870 e. The van der Waals surface area contributed by atoms with Crippen molar-refractivity contribution in [3.8, 4) is 0 Å². The van der Waals surface area contributed by atoms with E-state index in [1.165, 1.54) is 0 Å². The topological polar surface area (TPSA) is 79.1 Å². The summed E-state index contributed by atoms with van der Waals surface area (Å²) in [6, 6.07) is 0.823. The van der Waals surface area contributed by atoms with E-state index in [0.717, 1.165) is 21.4 Å². The van der Waals surface area contributed by atoms with Crippen molar-refractivity contribution >= 4 is 8.32 Å². The third-order valence-corrected chi connectivity index (χ3v) is 2.54. The predicted molar refractivity (Wildman–Crippen MR) is 85.8 cm³/mol. The molecular weight excluding hydrogens is 258 g/mol. The molecule has 0 amide bonds. The van der Waals surface area contributed by atoms with Crippen LogP contribution in [0.15, 0.2) is 0 Å². The fourth-order valence-corrected chi connectivity index (χ4v) is 1.58. The van der Waals surface area contributed by atoms with E-state index in [0.29, 0.717) is 6.54 Å². The molecule has 19 heavy (non-hydrogen) atoms. The number of quaternary nitrogens is 2. The molecule has 0 aromatic heterocycles. The van der Waals surface area contributed by atoms with Crippen molar-refractivity contribution in [3.63, 3.8) is 0 Å². The third kappa shape index (κ3) is 184. The summed E-state index contributed by atoms with van der Waals surface area (Å²) in [5.74, 6) is 0. The van der Waals surface area contributed by atoms with E-state index in [1.807, 2.05) is 13.1 Å². The molecule has 6 heteroatoms. The quantitative estimate of drug-likeness (QED) is 0.604. The molecule has 0 bridgehead atoms.